The zero-order chi connectivity index (χ0) is 14.1. The van der Waals surface area contributed by atoms with E-state index in [0.717, 1.165) is 15.6 Å². The maximum atomic E-state index is 12.3. The van der Waals surface area contributed by atoms with E-state index in [0.29, 0.717) is 12.0 Å². The summed E-state index contributed by atoms with van der Waals surface area (Å²) in [5.74, 6) is -0.182. The second-order valence-corrected chi connectivity index (χ2v) is 5.76. The quantitative estimate of drug-likeness (QED) is 0.888. The van der Waals surface area contributed by atoms with Crippen LogP contribution in [0.1, 0.15) is 27.5 Å². The van der Waals surface area contributed by atoms with Gasteiger partial charge in [0.15, 0.2) is 0 Å². The first-order chi connectivity index (χ1) is 9.66. The standard InChI is InChI=1S/C16H14BrNO2/c17-13-8-4-3-7-12(13)16(20)18-15-11-6-2-1-5-10(11)9-14(15)19/h1-8,14-15,19H,9H2,(H,18,20)/t14-,15+/m1/s1. The molecular weight excluding hydrogens is 318 g/mol. The monoisotopic (exact) mass is 331 g/mol. The van der Waals surface area contributed by atoms with Crippen molar-refractivity contribution in [2.24, 2.45) is 0 Å². The van der Waals surface area contributed by atoms with E-state index < -0.39 is 6.10 Å². The number of hydrogen-bond donors (Lipinski definition) is 2. The minimum absolute atomic E-state index is 0.182. The van der Waals surface area contributed by atoms with E-state index in [9.17, 15) is 9.90 Å². The molecule has 0 fully saturated rings. The molecule has 0 bridgehead atoms. The SMILES string of the molecule is O=C(N[C@H]1c2ccccc2C[C@H]1O)c1ccccc1Br. The van der Waals surface area contributed by atoms with Crippen LogP contribution in [0.5, 0.6) is 0 Å². The van der Waals surface area contributed by atoms with E-state index in [-0.39, 0.29) is 11.9 Å². The summed E-state index contributed by atoms with van der Waals surface area (Å²) < 4.78 is 0.748. The Morgan fingerprint density at radius 1 is 1.15 bits per heavy atom. The van der Waals surface area contributed by atoms with Gasteiger partial charge in [0.1, 0.15) is 0 Å². The Hall–Kier alpha value is -1.65. The van der Waals surface area contributed by atoms with Crippen LogP contribution in [0, 0.1) is 0 Å². The highest BCUT2D eigenvalue weighted by atomic mass is 79.9. The van der Waals surface area contributed by atoms with Crippen LogP contribution in [-0.2, 0) is 6.42 Å². The number of rotatable bonds is 2. The van der Waals surface area contributed by atoms with Crippen molar-refractivity contribution in [3.8, 4) is 0 Å². The van der Waals surface area contributed by atoms with Crippen LogP contribution >= 0.6 is 15.9 Å². The van der Waals surface area contributed by atoms with Crippen LogP contribution in [-0.4, -0.2) is 17.1 Å². The number of nitrogens with one attached hydrogen (secondary N) is 1. The van der Waals surface area contributed by atoms with Gasteiger partial charge in [0.05, 0.1) is 17.7 Å². The largest absolute Gasteiger partial charge is 0.390 e. The van der Waals surface area contributed by atoms with Crippen LogP contribution in [0.4, 0.5) is 0 Å². The van der Waals surface area contributed by atoms with Crippen LogP contribution in [0.3, 0.4) is 0 Å². The number of aliphatic hydroxyl groups excluding tert-OH is 1. The first-order valence-corrected chi connectivity index (χ1v) is 7.27. The van der Waals surface area contributed by atoms with Gasteiger partial charge in [-0.15, -0.1) is 0 Å². The Morgan fingerprint density at radius 3 is 2.65 bits per heavy atom. The summed E-state index contributed by atoms with van der Waals surface area (Å²) in [7, 11) is 0. The van der Waals surface area contributed by atoms with Crippen LogP contribution in [0.2, 0.25) is 0 Å². The lowest BCUT2D eigenvalue weighted by atomic mass is 10.1. The summed E-state index contributed by atoms with van der Waals surface area (Å²) in [6, 6.07) is 14.7. The van der Waals surface area contributed by atoms with Crippen LogP contribution < -0.4 is 5.32 Å². The molecule has 1 aliphatic carbocycles. The second kappa shape index (κ2) is 5.38. The topological polar surface area (TPSA) is 49.3 Å². The number of halogens is 1. The molecule has 4 heteroatoms. The van der Waals surface area contributed by atoms with E-state index in [2.05, 4.69) is 21.2 Å². The van der Waals surface area contributed by atoms with Gasteiger partial charge in [-0.3, -0.25) is 4.79 Å². The first-order valence-electron chi connectivity index (χ1n) is 6.48. The normalized spacial score (nSPS) is 20.5. The van der Waals surface area contributed by atoms with Crippen molar-refractivity contribution < 1.29 is 9.90 Å². The third-order valence-electron chi connectivity index (χ3n) is 3.61. The summed E-state index contributed by atoms with van der Waals surface area (Å²) >= 11 is 3.37. The molecule has 0 heterocycles. The summed E-state index contributed by atoms with van der Waals surface area (Å²) in [6.07, 6.45) is 0.00992. The summed E-state index contributed by atoms with van der Waals surface area (Å²) in [5.41, 5.74) is 2.67. The molecule has 2 aromatic carbocycles. The van der Waals surface area contributed by atoms with Crippen molar-refractivity contribution in [1.29, 1.82) is 0 Å². The molecular formula is C16H14BrNO2. The fourth-order valence-corrected chi connectivity index (χ4v) is 3.08. The molecule has 3 nitrogen and oxygen atoms in total. The van der Waals surface area contributed by atoms with Crippen LogP contribution in [0.15, 0.2) is 53.0 Å². The molecule has 2 atom stereocenters. The van der Waals surface area contributed by atoms with Crippen molar-refractivity contribution in [2.75, 3.05) is 0 Å². The molecule has 102 valence electrons. The zero-order valence-electron chi connectivity index (χ0n) is 10.7. The molecule has 20 heavy (non-hydrogen) atoms. The predicted octanol–water partition coefficient (Wildman–Crippen LogP) is 2.84. The van der Waals surface area contributed by atoms with Crippen molar-refractivity contribution in [2.45, 2.75) is 18.6 Å². The van der Waals surface area contributed by atoms with E-state index in [1.807, 2.05) is 42.5 Å². The molecule has 0 unspecified atom stereocenters. The lowest BCUT2D eigenvalue weighted by molar-refractivity contribution is 0.0857. The fourth-order valence-electron chi connectivity index (χ4n) is 2.61. The molecule has 0 radical (unpaired) electrons. The van der Waals surface area contributed by atoms with Gasteiger partial charge >= 0.3 is 0 Å². The summed E-state index contributed by atoms with van der Waals surface area (Å²) in [6.45, 7) is 0. The van der Waals surface area contributed by atoms with Gasteiger partial charge in [0, 0.05) is 10.9 Å². The number of hydrogen-bond acceptors (Lipinski definition) is 2. The highest BCUT2D eigenvalue weighted by Gasteiger charge is 2.32. The van der Waals surface area contributed by atoms with Crippen molar-refractivity contribution in [1.82, 2.24) is 5.32 Å². The Balaban J connectivity index is 1.85. The zero-order valence-corrected chi connectivity index (χ0v) is 12.3. The molecule has 1 amide bonds. The first kappa shape index (κ1) is 13.3. The minimum Gasteiger partial charge on any atom is -0.390 e. The van der Waals surface area contributed by atoms with Gasteiger partial charge in [0.25, 0.3) is 5.91 Å². The maximum Gasteiger partial charge on any atom is 0.252 e. The van der Waals surface area contributed by atoms with Gasteiger partial charge < -0.3 is 10.4 Å². The number of carbonyl (C=O) groups excluding carboxylic acids is 1. The molecule has 0 aliphatic heterocycles. The third-order valence-corrected chi connectivity index (χ3v) is 4.30. The molecule has 0 saturated carbocycles. The van der Waals surface area contributed by atoms with E-state index >= 15 is 0 Å². The molecule has 0 aromatic heterocycles. The average molecular weight is 332 g/mol. The second-order valence-electron chi connectivity index (χ2n) is 4.90. The highest BCUT2D eigenvalue weighted by molar-refractivity contribution is 9.10. The Bertz CT molecular complexity index is 656. The Labute approximate surface area is 125 Å². The molecule has 0 saturated heterocycles. The minimum atomic E-state index is -0.571. The number of amides is 1. The molecule has 2 aromatic rings. The number of benzene rings is 2. The van der Waals surface area contributed by atoms with Gasteiger partial charge in [-0.1, -0.05) is 36.4 Å². The summed E-state index contributed by atoms with van der Waals surface area (Å²) in [5, 5.41) is 13.1. The summed E-state index contributed by atoms with van der Waals surface area (Å²) in [4.78, 5) is 12.3. The Morgan fingerprint density at radius 2 is 1.85 bits per heavy atom. The van der Waals surface area contributed by atoms with Crippen LogP contribution in [0.25, 0.3) is 0 Å². The predicted molar refractivity (Wildman–Crippen MR) is 80.5 cm³/mol. The molecule has 3 rings (SSSR count). The van der Waals surface area contributed by atoms with E-state index in [1.165, 1.54) is 0 Å². The van der Waals surface area contributed by atoms with Crippen molar-refractivity contribution in [3.05, 3.63) is 69.7 Å². The van der Waals surface area contributed by atoms with Crippen molar-refractivity contribution in [3.63, 3.8) is 0 Å². The lowest BCUT2D eigenvalue weighted by Crippen LogP contribution is -2.34. The van der Waals surface area contributed by atoms with Crippen molar-refractivity contribution >= 4 is 21.8 Å². The smallest absolute Gasteiger partial charge is 0.252 e. The molecule has 0 spiro atoms. The molecule has 2 N–H and O–H groups in total. The van der Waals surface area contributed by atoms with Gasteiger partial charge in [-0.25, -0.2) is 0 Å². The maximum absolute atomic E-state index is 12.3. The van der Waals surface area contributed by atoms with E-state index in [4.69, 9.17) is 0 Å². The highest BCUT2D eigenvalue weighted by Crippen LogP contribution is 2.31. The van der Waals surface area contributed by atoms with Gasteiger partial charge in [0.2, 0.25) is 0 Å². The van der Waals surface area contributed by atoms with Gasteiger partial charge in [-0.2, -0.15) is 0 Å². The van der Waals surface area contributed by atoms with Gasteiger partial charge in [-0.05, 0) is 39.2 Å². The number of fused-ring (bicyclic) bond motifs is 1. The Kier molecular flexibility index (Phi) is 3.59. The van der Waals surface area contributed by atoms with E-state index in [1.54, 1.807) is 6.07 Å². The lowest BCUT2D eigenvalue weighted by Gasteiger charge is -2.18. The third kappa shape index (κ3) is 2.37. The number of carbonyl (C=O) groups is 1. The fraction of sp³-hybridized carbons (Fsp3) is 0.188. The molecule has 1 aliphatic rings. The number of aliphatic hydroxyl groups is 1. The average Bonchev–Trinajstić information content (AvgIpc) is 2.76.